The summed E-state index contributed by atoms with van der Waals surface area (Å²) in [5.41, 5.74) is 3.81. The van der Waals surface area contributed by atoms with Gasteiger partial charge in [-0.15, -0.1) is 15.2 Å². The molecular weight excluding hydrogens is 823 g/mol. The average molecular weight is 853 g/mol. The predicted octanol–water partition coefficient (Wildman–Crippen LogP) is 2.35. The van der Waals surface area contributed by atoms with Crippen molar-refractivity contribution in [3.8, 4) is 11.7 Å². The Morgan fingerprint density at radius 2 is 1.64 bits per heavy atom. The third kappa shape index (κ3) is 9.60. The topological polar surface area (TPSA) is 349 Å². The van der Waals surface area contributed by atoms with Crippen molar-refractivity contribution >= 4 is 93.5 Å². The second kappa shape index (κ2) is 16.2. The van der Waals surface area contributed by atoms with Gasteiger partial charge in [-0.05, 0) is 57.8 Å². The Labute approximate surface area is 321 Å². The lowest BCUT2D eigenvalue weighted by Gasteiger charge is -2.15. The Morgan fingerprint density at radius 3 is 2.29 bits per heavy atom. The Balaban J connectivity index is 1.60. The Kier molecular flexibility index (Phi) is 12.0. The van der Waals surface area contributed by atoms with Gasteiger partial charge >= 0.3 is 23.8 Å². The first-order valence-corrected chi connectivity index (χ1v) is 20.9. The molecule has 0 saturated carbocycles. The van der Waals surface area contributed by atoms with Gasteiger partial charge in [0.05, 0.1) is 40.5 Å². The number of aliphatic hydroxyl groups is 1. The van der Waals surface area contributed by atoms with Crippen LogP contribution in [0.25, 0.3) is 16.7 Å². The van der Waals surface area contributed by atoms with Gasteiger partial charge in [0.2, 0.25) is 0 Å². The van der Waals surface area contributed by atoms with Crippen LogP contribution in [-0.2, 0) is 30.4 Å². The van der Waals surface area contributed by atoms with Gasteiger partial charge in [0.15, 0.2) is 0 Å². The molecule has 0 amide bonds. The number of fused-ring (bicyclic) bond motifs is 1. The van der Waals surface area contributed by atoms with E-state index in [0.717, 1.165) is 18.2 Å². The van der Waals surface area contributed by atoms with Crippen molar-refractivity contribution in [3.05, 3.63) is 66.5 Å². The maximum Gasteiger partial charge on any atom is 0.444 e. The predicted molar refractivity (Wildman–Crippen MR) is 199 cm³/mol. The third-order valence-electron chi connectivity index (χ3n) is 7.53. The maximum atomic E-state index is 12.6. The van der Waals surface area contributed by atoms with Crippen molar-refractivity contribution in [1.29, 1.82) is 0 Å². The molecule has 5 rings (SSSR count). The van der Waals surface area contributed by atoms with E-state index < -0.39 is 84.6 Å². The highest BCUT2D eigenvalue weighted by atomic mass is 32.2. The second-order valence-corrected chi connectivity index (χ2v) is 16.9. The molecule has 9 N–H and O–H groups in total. The molecule has 56 heavy (non-hydrogen) atoms. The SMILES string of the molecule is CN(CCSCCO)c1nc(Nc2ccc(/N=N/c3c(N)c(S(=O)(=O)O)cc4cc(S(=O)(=O)O)cc(O)c34)c(S(=O)(=O)O)c2)nc(-[n+]2cccc(C(=O)O)c2)n1. The van der Waals surface area contributed by atoms with Crippen LogP contribution in [0.15, 0.2) is 85.8 Å². The van der Waals surface area contributed by atoms with E-state index in [9.17, 15) is 53.9 Å². The molecule has 22 nitrogen and oxygen atoms in total. The molecular formula is C30H30N9O13S4+. The smallest absolute Gasteiger partial charge is 0.444 e. The van der Waals surface area contributed by atoms with E-state index in [1.54, 1.807) is 11.9 Å². The van der Waals surface area contributed by atoms with Gasteiger partial charge in [-0.3, -0.25) is 13.7 Å². The summed E-state index contributed by atoms with van der Waals surface area (Å²) in [6.45, 7) is 0.392. The number of carboxylic acid groups (broad SMARTS) is 1. The highest BCUT2D eigenvalue weighted by Gasteiger charge is 2.26. The lowest BCUT2D eigenvalue weighted by Crippen LogP contribution is -2.35. The van der Waals surface area contributed by atoms with Crippen molar-refractivity contribution < 1.29 is 63.6 Å². The summed E-state index contributed by atoms with van der Waals surface area (Å²) >= 11 is 1.47. The molecule has 2 heterocycles. The first-order chi connectivity index (χ1) is 26.2. The average Bonchev–Trinajstić information content (AvgIpc) is 3.11. The zero-order valence-corrected chi connectivity index (χ0v) is 31.7. The molecule has 0 aliphatic heterocycles. The van der Waals surface area contributed by atoms with Crippen molar-refractivity contribution in [2.45, 2.75) is 14.7 Å². The number of nitrogen functional groups attached to an aromatic ring is 1. The van der Waals surface area contributed by atoms with Crippen LogP contribution in [0.4, 0.5) is 34.6 Å². The van der Waals surface area contributed by atoms with E-state index in [1.807, 2.05) is 0 Å². The van der Waals surface area contributed by atoms with Gasteiger partial charge < -0.3 is 31.3 Å². The van der Waals surface area contributed by atoms with E-state index in [0.29, 0.717) is 30.2 Å². The van der Waals surface area contributed by atoms with Crippen molar-refractivity contribution in [2.24, 2.45) is 10.2 Å². The largest absolute Gasteiger partial charge is 0.507 e. The molecule has 5 aromatic rings. The van der Waals surface area contributed by atoms with Gasteiger partial charge in [-0.25, -0.2) is 9.36 Å². The number of phenols is 1. The highest BCUT2D eigenvalue weighted by molar-refractivity contribution is 7.99. The number of aromatic nitrogens is 4. The molecule has 26 heteroatoms. The van der Waals surface area contributed by atoms with E-state index in [1.165, 1.54) is 46.9 Å². The maximum absolute atomic E-state index is 12.6. The molecule has 0 spiro atoms. The van der Waals surface area contributed by atoms with E-state index >= 15 is 0 Å². The molecule has 3 aromatic carbocycles. The summed E-state index contributed by atoms with van der Waals surface area (Å²) < 4.78 is 104. The van der Waals surface area contributed by atoms with E-state index in [-0.39, 0.29) is 35.7 Å². The van der Waals surface area contributed by atoms with Crippen molar-refractivity contribution in [1.82, 2.24) is 15.0 Å². The van der Waals surface area contributed by atoms with Crippen LogP contribution in [-0.4, -0.2) is 107 Å². The molecule has 0 atom stereocenters. The number of hydrogen-bond acceptors (Lipinski definition) is 18. The summed E-state index contributed by atoms with van der Waals surface area (Å²) in [6.07, 6.45) is 2.74. The molecule has 296 valence electrons. The molecule has 0 saturated heterocycles. The van der Waals surface area contributed by atoms with Crippen LogP contribution in [0.2, 0.25) is 0 Å². The third-order valence-corrected chi connectivity index (χ3v) is 11.1. The van der Waals surface area contributed by atoms with Crippen LogP contribution < -0.4 is 20.5 Å². The number of aliphatic hydroxyl groups excluding tert-OH is 1. The number of thioether (sulfide) groups is 1. The molecule has 0 bridgehead atoms. The summed E-state index contributed by atoms with van der Waals surface area (Å²) in [7, 11) is -13.5. The van der Waals surface area contributed by atoms with Crippen LogP contribution in [0.1, 0.15) is 10.4 Å². The Hall–Kier alpha value is -5.61. The quantitative estimate of drug-likeness (QED) is 0.0246. The van der Waals surface area contributed by atoms with Gasteiger partial charge in [0.1, 0.15) is 26.9 Å². The molecule has 0 aliphatic rings. The molecule has 2 aromatic heterocycles. The van der Waals surface area contributed by atoms with Gasteiger partial charge in [0.25, 0.3) is 30.4 Å². The molecule has 0 fully saturated rings. The van der Waals surface area contributed by atoms with E-state index in [4.69, 9.17) is 10.8 Å². The van der Waals surface area contributed by atoms with Crippen molar-refractivity contribution in [3.63, 3.8) is 0 Å². The first-order valence-electron chi connectivity index (χ1n) is 15.4. The second-order valence-electron chi connectivity index (χ2n) is 11.4. The number of hydrogen-bond donors (Lipinski definition) is 8. The number of carbonyl (C=O) groups is 1. The van der Waals surface area contributed by atoms with E-state index in [2.05, 4.69) is 30.5 Å². The van der Waals surface area contributed by atoms with Crippen LogP contribution in [0.5, 0.6) is 5.75 Å². The summed E-state index contributed by atoms with van der Waals surface area (Å²) in [5.74, 6) is -1.13. The monoisotopic (exact) mass is 852 g/mol. The number of aromatic hydroxyl groups is 1. The number of nitrogens with one attached hydrogen (secondary N) is 1. The number of aromatic carboxylic acids is 1. The number of carboxylic acids is 1. The zero-order valence-electron chi connectivity index (χ0n) is 28.5. The highest BCUT2D eigenvalue weighted by Crippen LogP contribution is 2.44. The van der Waals surface area contributed by atoms with Gasteiger partial charge in [-0.2, -0.15) is 37.0 Å². The van der Waals surface area contributed by atoms with Crippen molar-refractivity contribution in [2.75, 3.05) is 47.7 Å². The minimum absolute atomic E-state index is 0.0170. The number of nitrogens with two attached hydrogens (primary N) is 1. The number of anilines is 4. The summed E-state index contributed by atoms with van der Waals surface area (Å²) in [6, 6.07) is 8.06. The van der Waals surface area contributed by atoms with Crippen LogP contribution in [0, 0.1) is 0 Å². The fraction of sp³-hybridized carbons (Fsp3) is 0.167. The number of nitrogens with zero attached hydrogens (tertiary/aromatic N) is 7. The lowest BCUT2D eigenvalue weighted by atomic mass is 10.1. The number of rotatable bonds is 15. The Bertz CT molecular complexity index is 2740. The lowest BCUT2D eigenvalue weighted by molar-refractivity contribution is -0.603. The van der Waals surface area contributed by atoms with Crippen LogP contribution >= 0.6 is 11.8 Å². The number of phenolic OH excluding ortho intramolecular Hbond substituents is 1. The minimum atomic E-state index is -5.12. The fourth-order valence-corrected chi connectivity index (χ4v) is 7.51. The normalized spacial score (nSPS) is 12.3. The standard InChI is InChI=1S/C30H29N9O13S4/c1-38(7-9-53-10-8-40)29-33-28(34-30(35-29)39-6-2-3-16(15-39)27(42)43)32-18-4-5-20(22(13-18)55(47,48)49)36-37-26-24-17(12-23(25(26)31)56(50,51)52)11-19(14-21(24)41)54(44,45)46/h2-6,11-15,40H,7-10H2,1H3,(H7-,31,32,33,34,35,36,37,41,42,43,44,45,46,47,48,49,50,51,52)/p+1. The fourth-order valence-electron chi connectivity index (χ4n) is 4.93. The minimum Gasteiger partial charge on any atom is -0.507 e. The number of pyridine rings is 1. The van der Waals surface area contributed by atoms with Crippen LogP contribution in [0.3, 0.4) is 0 Å². The molecule has 0 aliphatic carbocycles. The Morgan fingerprint density at radius 1 is 0.929 bits per heavy atom. The zero-order chi connectivity index (χ0) is 41.2. The van der Waals surface area contributed by atoms with Gasteiger partial charge in [-0.1, -0.05) is 0 Å². The number of azo groups is 1. The molecule has 0 unspecified atom stereocenters. The summed E-state index contributed by atoms with van der Waals surface area (Å²) in [5, 5.41) is 38.8. The van der Waals surface area contributed by atoms with Gasteiger partial charge in [0, 0.05) is 36.9 Å². The molecule has 0 radical (unpaired) electrons. The summed E-state index contributed by atoms with van der Waals surface area (Å²) in [4.78, 5) is 23.7. The first kappa shape index (κ1) is 41.6. The number of benzene rings is 3.